The van der Waals surface area contributed by atoms with E-state index in [1.807, 2.05) is 0 Å². The quantitative estimate of drug-likeness (QED) is 0.619. The lowest BCUT2D eigenvalue weighted by molar-refractivity contribution is -0.145. The Morgan fingerprint density at radius 1 is 1.44 bits per heavy atom. The lowest BCUT2D eigenvalue weighted by Gasteiger charge is -2.13. The van der Waals surface area contributed by atoms with Crippen molar-refractivity contribution in [1.29, 1.82) is 0 Å². The Morgan fingerprint density at radius 2 is 2.12 bits per heavy atom. The molecule has 0 aliphatic carbocycles. The second-order valence-corrected chi connectivity index (χ2v) is 3.46. The first-order valence-corrected chi connectivity index (χ1v) is 4.73. The van der Waals surface area contributed by atoms with E-state index in [-0.39, 0.29) is 37.0 Å². The van der Waals surface area contributed by atoms with E-state index in [2.05, 4.69) is 10.5 Å². The number of hydrogen-bond acceptors (Lipinski definition) is 5. The molecule has 0 spiro atoms. The Labute approximate surface area is 92.4 Å². The topological polar surface area (TPSA) is 88.1 Å². The van der Waals surface area contributed by atoms with Crippen LogP contribution in [-0.4, -0.2) is 49.1 Å². The molecule has 88 valence electrons. The molecule has 1 N–H and O–H groups in total. The van der Waals surface area contributed by atoms with E-state index < -0.39 is 5.97 Å². The van der Waals surface area contributed by atoms with Crippen LogP contribution in [0, 0.1) is 0 Å². The number of rotatable bonds is 3. The van der Waals surface area contributed by atoms with Crippen LogP contribution in [0.25, 0.3) is 0 Å². The maximum atomic E-state index is 11.4. The summed E-state index contributed by atoms with van der Waals surface area (Å²) in [6, 6.07) is 0. The van der Waals surface area contributed by atoms with Gasteiger partial charge in [0.05, 0.1) is 0 Å². The summed E-state index contributed by atoms with van der Waals surface area (Å²) in [6.07, 6.45) is 0.441. The van der Waals surface area contributed by atoms with Crippen molar-refractivity contribution in [3.63, 3.8) is 0 Å². The van der Waals surface area contributed by atoms with Gasteiger partial charge in [-0.05, 0) is 0 Å². The zero-order chi connectivity index (χ0) is 12.1. The van der Waals surface area contributed by atoms with Gasteiger partial charge in [-0.3, -0.25) is 9.59 Å². The zero-order valence-corrected chi connectivity index (χ0v) is 9.15. The minimum atomic E-state index is -0.671. The van der Waals surface area contributed by atoms with Crippen molar-refractivity contribution >= 4 is 23.5 Å². The van der Waals surface area contributed by atoms with Crippen molar-refractivity contribution in [2.75, 3.05) is 20.7 Å². The second kappa shape index (κ2) is 5.24. The molecule has 0 saturated heterocycles. The largest absolute Gasteiger partial charge is 0.451 e. The molecule has 0 radical (unpaired) electrons. The lowest BCUT2D eigenvalue weighted by Crippen LogP contribution is -2.33. The molecule has 2 amide bonds. The van der Waals surface area contributed by atoms with Crippen LogP contribution in [-0.2, 0) is 19.1 Å². The monoisotopic (exact) mass is 227 g/mol. The van der Waals surface area contributed by atoms with E-state index in [1.165, 1.54) is 4.90 Å². The molecule has 1 heterocycles. The van der Waals surface area contributed by atoms with Gasteiger partial charge in [-0.25, -0.2) is 10.2 Å². The number of likely N-dealkylation sites (N-methyl/N-ethyl adjacent to an activating group) is 1. The summed E-state index contributed by atoms with van der Waals surface area (Å²) < 4.78 is 4.73. The van der Waals surface area contributed by atoms with Crippen LogP contribution >= 0.6 is 0 Å². The smallest absolute Gasteiger partial charge is 0.355 e. The van der Waals surface area contributed by atoms with Gasteiger partial charge < -0.3 is 9.64 Å². The standard InChI is InChI=1S/C9H13N3O4/c1-12(2)8(14)5-16-9(15)6-3-4-7(13)11-10-6/h3-5H2,1-2H3,(H,11,13). The van der Waals surface area contributed by atoms with Crippen LogP contribution < -0.4 is 5.43 Å². The van der Waals surface area contributed by atoms with Crippen molar-refractivity contribution in [2.45, 2.75) is 12.8 Å². The molecule has 1 rings (SSSR count). The summed E-state index contributed by atoms with van der Waals surface area (Å²) in [5.41, 5.74) is 2.31. The van der Waals surface area contributed by atoms with Crippen LogP contribution in [0.2, 0.25) is 0 Å². The fourth-order valence-corrected chi connectivity index (χ4v) is 0.961. The Balaban J connectivity index is 2.41. The van der Waals surface area contributed by atoms with Crippen LogP contribution in [0.5, 0.6) is 0 Å². The number of hydrazone groups is 1. The zero-order valence-electron chi connectivity index (χ0n) is 9.15. The molecular weight excluding hydrogens is 214 g/mol. The van der Waals surface area contributed by atoms with Crippen molar-refractivity contribution in [3.8, 4) is 0 Å². The van der Waals surface area contributed by atoms with Gasteiger partial charge in [-0.2, -0.15) is 5.10 Å². The minimum Gasteiger partial charge on any atom is -0.451 e. The average Bonchev–Trinajstić information content (AvgIpc) is 2.26. The summed E-state index contributed by atoms with van der Waals surface area (Å²) in [5.74, 6) is -1.22. The molecule has 0 atom stereocenters. The number of hydrogen-bond donors (Lipinski definition) is 1. The van der Waals surface area contributed by atoms with E-state index in [9.17, 15) is 14.4 Å². The molecule has 1 aliphatic heterocycles. The number of carbonyl (C=O) groups excluding carboxylic acids is 3. The molecule has 1 aliphatic rings. The SMILES string of the molecule is CN(C)C(=O)COC(=O)C1=NNC(=O)CC1. The number of amides is 2. The minimum absolute atomic E-state index is 0.131. The third-order valence-electron chi connectivity index (χ3n) is 1.97. The highest BCUT2D eigenvalue weighted by molar-refractivity contribution is 6.37. The Kier molecular flexibility index (Phi) is 3.98. The Morgan fingerprint density at radius 3 is 2.62 bits per heavy atom. The first-order valence-electron chi connectivity index (χ1n) is 4.73. The molecule has 7 heteroatoms. The van der Waals surface area contributed by atoms with Gasteiger partial charge in [0.1, 0.15) is 5.71 Å². The molecule has 7 nitrogen and oxygen atoms in total. The summed E-state index contributed by atoms with van der Waals surface area (Å²) >= 11 is 0. The first kappa shape index (κ1) is 12.2. The molecule has 0 aromatic heterocycles. The molecule has 0 aromatic rings. The van der Waals surface area contributed by atoms with Gasteiger partial charge in [0.15, 0.2) is 6.61 Å². The van der Waals surface area contributed by atoms with Gasteiger partial charge in [0.25, 0.3) is 5.91 Å². The van der Waals surface area contributed by atoms with Crippen LogP contribution in [0.15, 0.2) is 5.10 Å². The predicted molar refractivity (Wildman–Crippen MR) is 54.5 cm³/mol. The number of nitrogens with one attached hydrogen (secondary N) is 1. The summed E-state index contributed by atoms with van der Waals surface area (Å²) in [7, 11) is 3.13. The van der Waals surface area contributed by atoms with E-state index in [4.69, 9.17) is 4.74 Å². The number of carbonyl (C=O) groups is 3. The van der Waals surface area contributed by atoms with Crippen molar-refractivity contribution < 1.29 is 19.1 Å². The lowest BCUT2D eigenvalue weighted by atomic mass is 10.2. The summed E-state index contributed by atoms with van der Waals surface area (Å²) in [5, 5.41) is 3.55. The molecule has 0 saturated carbocycles. The predicted octanol–water partition coefficient (Wildman–Crippen LogP) is -1.12. The van der Waals surface area contributed by atoms with Crippen molar-refractivity contribution in [2.24, 2.45) is 5.10 Å². The van der Waals surface area contributed by atoms with E-state index in [0.29, 0.717) is 0 Å². The highest BCUT2D eigenvalue weighted by Crippen LogP contribution is 2.01. The fourth-order valence-electron chi connectivity index (χ4n) is 0.961. The van der Waals surface area contributed by atoms with Crippen LogP contribution in [0.3, 0.4) is 0 Å². The van der Waals surface area contributed by atoms with Crippen molar-refractivity contribution in [1.82, 2.24) is 10.3 Å². The molecule has 16 heavy (non-hydrogen) atoms. The molecule has 0 fully saturated rings. The maximum Gasteiger partial charge on any atom is 0.355 e. The van der Waals surface area contributed by atoms with Gasteiger partial charge in [0, 0.05) is 26.9 Å². The molecular formula is C9H13N3O4. The van der Waals surface area contributed by atoms with E-state index in [1.54, 1.807) is 14.1 Å². The molecule has 0 aromatic carbocycles. The average molecular weight is 227 g/mol. The first-order chi connectivity index (χ1) is 7.50. The van der Waals surface area contributed by atoms with Gasteiger partial charge >= 0.3 is 5.97 Å². The third kappa shape index (κ3) is 3.34. The number of esters is 1. The normalized spacial score (nSPS) is 14.9. The molecule has 0 unspecified atom stereocenters. The molecule has 0 bridgehead atoms. The Hall–Kier alpha value is -1.92. The second-order valence-electron chi connectivity index (χ2n) is 3.46. The summed E-state index contributed by atoms with van der Waals surface area (Å²) in [6.45, 7) is -0.321. The van der Waals surface area contributed by atoms with Gasteiger partial charge in [0.2, 0.25) is 5.91 Å². The van der Waals surface area contributed by atoms with E-state index in [0.717, 1.165) is 0 Å². The van der Waals surface area contributed by atoms with Crippen LogP contribution in [0.1, 0.15) is 12.8 Å². The van der Waals surface area contributed by atoms with Crippen LogP contribution in [0.4, 0.5) is 0 Å². The maximum absolute atomic E-state index is 11.4. The highest BCUT2D eigenvalue weighted by Gasteiger charge is 2.20. The van der Waals surface area contributed by atoms with Crippen molar-refractivity contribution in [3.05, 3.63) is 0 Å². The Bertz CT molecular complexity index is 349. The van der Waals surface area contributed by atoms with E-state index >= 15 is 0 Å². The highest BCUT2D eigenvalue weighted by atomic mass is 16.5. The number of ether oxygens (including phenoxy) is 1. The van der Waals surface area contributed by atoms with Gasteiger partial charge in [-0.1, -0.05) is 0 Å². The number of nitrogens with zero attached hydrogens (tertiary/aromatic N) is 2. The third-order valence-corrected chi connectivity index (χ3v) is 1.97. The van der Waals surface area contributed by atoms with Gasteiger partial charge in [-0.15, -0.1) is 0 Å². The summed E-state index contributed by atoms with van der Waals surface area (Å²) in [4.78, 5) is 34.6. The fraction of sp³-hybridized carbons (Fsp3) is 0.556.